The molecule has 1 aromatic heterocycles. The maximum absolute atomic E-state index is 12.4. The number of benzene rings is 1. The number of amides is 1. The Morgan fingerprint density at radius 2 is 2.08 bits per heavy atom. The van der Waals surface area contributed by atoms with Gasteiger partial charge in [-0.1, -0.05) is 35.6 Å². The first-order valence-electron chi connectivity index (χ1n) is 8.29. The van der Waals surface area contributed by atoms with Gasteiger partial charge in [0, 0.05) is 6.07 Å². The highest BCUT2D eigenvalue weighted by Gasteiger charge is 2.26. The minimum absolute atomic E-state index is 0.0966. The van der Waals surface area contributed by atoms with Crippen LogP contribution in [-0.2, 0) is 16.0 Å². The van der Waals surface area contributed by atoms with Gasteiger partial charge in [-0.15, -0.1) is 0 Å². The van der Waals surface area contributed by atoms with Crippen LogP contribution in [0.2, 0.25) is 0 Å². The Kier molecular flexibility index (Phi) is 5.32. The second-order valence-electron chi connectivity index (χ2n) is 6.09. The smallest absolute Gasteiger partial charge is 0.349 e. The molecule has 0 saturated carbocycles. The van der Waals surface area contributed by atoms with E-state index in [9.17, 15) is 19.7 Å². The number of carbonyl (C=O) groups excluding carboxylic acids is 2. The molecule has 1 aliphatic carbocycles. The highest BCUT2D eigenvalue weighted by atomic mass is 32.1. The van der Waals surface area contributed by atoms with Gasteiger partial charge in [-0.3, -0.25) is 14.9 Å². The number of hydrogen-bond donors (Lipinski definition) is 1. The second-order valence-corrected chi connectivity index (χ2v) is 7.16. The number of aryl methyl sites for hydroxylation is 1. The van der Waals surface area contributed by atoms with Crippen molar-refractivity contribution in [3.8, 4) is 0 Å². The van der Waals surface area contributed by atoms with Gasteiger partial charge in [0.1, 0.15) is 4.88 Å². The van der Waals surface area contributed by atoms with Crippen molar-refractivity contribution in [3.63, 3.8) is 0 Å². The van der Waals surface area contributed by atoms with Crippen LogP contribution in [0.15, 0.2) is 36.4 Å². The first kappa shape index (κ1) is 18.1. The number of nitro groups is 1. The van der Waals surface area contributed by atoms with Crippen LogP contribution in [0.4, 0.5) is 5.00 Å². The lowest BCUT2D eigenvalue weighted by atomic mass is 9.87. The summed E-state index contributed by atoms with van der Waals surface area (Å²) in [4.78, 5) is 34.7. The summed E-state index contributed by atoms with van der Waals surface area (Å²) in [5.74, 6) is -1.12. The SMILES string of the molecule is C[C@@H](OC(=O)c1ccc([N+](=O)[O-])s1)C(=O)N[C@H]1CCCc2ccccc21. The Morgan fingerprint density at radius 3 is 2.81 bits per heavy atom. The van der Waals surface area contributed by atoms with Crippen LogP contribution in [0.1, 0.15) is 46.6 Å². The Labute approximate surface area is 154 Å². The Morgan fingerprint density at radius 1 is 1.31 bits per heavy atom. The topological polar surface area (TPSA) is 98.5 Å². The normalized spacial score (nSPS) is 17.0. The maximum atomic E-state index is 12.4. The lowest BCUT2D eigenvalue weighted by Crippen LogP contribution is -2.39. The number of carbonyl (C=O) groups is 2. The van der Waals surface area contributed by atoms with Gasteiger partial charge < -0.3 is 10.1 Å². The minimum Gasteiger partial charge on any atom is -0.448 e. The molecule has 0 spiro atoms. The molecular weight excluding hydrogens is 356 g/mol. The Bertz CT molecular complexity index is 848. The molecule has 0 aliphatic heterocycles. The molecule has 1 amide bonds. The standard InChI is InChI=1S/C18H18N2O5S/c1-11(25-18(22)15-9-10-16(26-15)20(23)24)17(21)19-14-8-4-6-12-5-2-3-7-13(12)14/h2-3,5,7,9-11,14H,4,6,8H2,1H3,(H,19,21)/t11-,14+/m1/s1. The molecule has 0 fully saturated rings. The van der Waals surface area contributed by atoms with Crippen LogP contribution < -0.4 is 5.32 Å². The fraction of sp³-hybridized carbons (Fsp3) is 0.333. The van der Waals surface area contributed by atoms with Crippen molar-refractivity contribution in [2.75, 3.05) is 0 Å². The number of esters is 1. The zero-order valence-electron chi connectivity index (χ0n) is 14.1. The summed E-state index contributed by atoms with van der Waals surface area (Å²) < 4.78 is 5.16. The number of nitrogens with zero attached hydrogens (tertiary/aromatic N) is 1. The Balaban J connectivity index is 1.61. The molecule has 1 aliphatic rings. The molecular formula is C18H18N2O5S. The first-order valence-corrected chi connectivity index (χ1v) is 9.10. The van der Waals surface area contributed by atoms with E-state index in [0.717, 1.165) is 36.2 Å². The molecule has 1 aromatic carbocycles. The van der Waals surface area contributed by atoms with Gasteiger partial charge in [0.05, 0.1) is 11.0 Å². The van der Waals surface area contributed by atoms with Crippen molar-refractivity contribution < 1.29 is 19.2 Å². The monoisotopic (exact) mass is 374 g/mol. The van der Waals surface area contributed by atoms with Crippen molar-refractivity contribution >= 4 is 28.2 Å². The highest BCUT2D eigenvalue weighted by Crippen LogP contribution is 2.29. The van der Waals surface area contributed by atoms with Gasteiger partial charge in [-0.25, -0.2) is 4.79 Å². The summed E-state index contributed by atoms with van der Waals surface area (Å²) in [6.45, 7) is 1.49. The van der Waals surface area contributed by atoms with Crippen LogP contribution >= 0.6 is 11.3 Å². The lowest BCUT2D eigenvalue weighted by molar-refractivity contribution is -0.380. The molecule has 136 valence electrons. The lowest BCUT2D eigenvalue weighted by Gasteiger charge is -2.27. The quantitative estimate of drug-likeness (QED) is 0.491. The van der Waals surface area contributed by atoms with E-state index in [-0.39, 0.29) is 21.8 Å². The van der Waals surface area contributed by atoms with Crippen LogP contribution in [-0.4, -0.2) is 22.9 Å². The third kappa shape index (κ3) is 3.91. The highest BCUT2D eigenvalue weighted by molar-refractivity contribution is 7.17. The average molecular weight is 374 g/mol. The summed E-state index contributed by atoms with van der Waals surface area (Å²) in [5, 5.41) is 13.5. The van der Waals surface area contributed by atoms with Gasteiger partial charge in [0.25, 0.3) is 5.91 Å². The summed E-state index contributed by atoms with van der Waals surface area (Å²) in [6.07, 6.45) is 1.82. The average Bonchev–Trinajstić information content (AvgIpc) is 3.12. The van der Waals surface area contributed by atoms with E-state index in [4.69, 9.17) is 4.74 Å². The van der Waals surface area contributed by atoms with Crippen LogP contribution in [0.5, 0.6) is 0 Å². The maximum Gasteiger partial charge on any atom is 0.349 e. The fourth-order valence-corrected chi connectivity index (χ4v) is 3.70. The van der Waals surface area contributed by atoms with Crippen molar-refractivity contribution in [1.29, 1.82) is 0 Å². The zero-order chi connectivity index (χ0) is 18.7. The van der Waals surface area contributed by atoms with E-state index in [0.29, 0.717) is 0 Å². The number of ether oxygens (including phenoxy) is 1. The molecule has 0 unspecified atom stereocenters. The third-order valence-electron chi connectivity index (χ3n) is 4.31. The van der Waals surface area contributed by atoms with Gasteiger partial charge in [-0.05, 0) is 43.4 Å². The van der Waals surface area contributed by atoms with E-state index in [1.54, 1.807) is 0 Å². The van der Waals surface area contributed by atoms with E-state index >= 15 is 0 Å². The third-order valence-corrected chi connectivity index (χ3v) is 5.33. The largest absolute Gasteiger partial charge is 0.448 e. The number of hydrogen-bond acceptors (Lipinski definition) is 6. The summed E-state index contributed by atoms with van der Waals surface area (Å²) in [7, 11) is 0. The minimum atomic E-state index is -0.988. The molecule has 0 radical (unpaired) electrons. The Hall–Kier alpha value is -2.74. The molecule has 26 heavy (non-hydrogen) atoms. The van der Waals surface area contributed by atoms with Gasteiger partial charge >= 0.3 is 11.0 Å². The van der Waals surface area contributed by atoms with Crippen LogP contribution in [0.3, 0.4) is 0 Å². The van der Waals surface area contributed by atoms with Gasteiger partial charge in [0.2, 0.25) is 0 Å². The summed E-state index contributed by atoms with van der Waals surface area (Å²) in [5.41, 5.74) is 2.32. The number of thiophene rings is 1. The molecule has 1 heterocycles. The van der Waals surface area contributed by atoms with Gasteiger partial charge in [0.15, 0.2) is 6.10 Å². The molecule has 3 rings (SSSR count). The van der Waals surface area contributed by atoms with E-state index < -0.39 is 17.0 Å². The van der Waals surface area contributed by atoms with Crippen molar-refractivity contribution in [2.24, 2.45) is 0 Å². The van der Waals surface area contributed by atoms with E-state index in [1.807, 2.05) is 18.2 Å². The molecule has 0 bridgehead atoms. The number of fused-ring (bicyclic) bond motifs is 1. The van der Waals surface area contributed by atoms with Crippen molar-refractivity contribution in [3.05, 3.63) is 62.5 Å². The van der Waals surface area contributed by atoms with E-state index in [1.165, 1.54) is 24.6 Å². The molecule has 1 N–H and O–H groups in total. The van der Waals surface area contributed by atoms with E-state index in [2.05, 4.69) is 11.4 Å². The van der Waals surface area contributed by atoms with Crippen LogP contribution in [0.25, 0.3) is 0 Å². The number of nitrogens with one attached hydrogen (secondary N) is 1. The molecule has 8 heteroatoms. The van der Waals surface area contributed by atoms with Crippen molar-refractivity contribution in [1.82, 2.24) is 5.32 Å². The molecule has 2 aromatic rings. The van der Waals surface area contributed by atoms with Crippen molar-refractivity contribution in [2.45, 2.75) is 38.3 Å². The second kappa shape index (κ2) is 7.65. The predicted molar refractivity (Wildman–Crippen MR) is 96.1 cm³/mol. The fourth-order valence-electron chi connectivity index (χ4n) is 3.00. The molecule has 7 nitrogen and oxygen atoms in total. The molecule has 2 atom stereocenters. The zero-order valence-corrected chi connectivity index (χ0v) is 15.0. The predicted octanol–water partition coefficient (Wildman–Crippen LogP) is 3.40. The first-order chi connectivity index (χ1) is 12.5. The summed E-state index contributed by atoms with van der Waals surface area (Å²) >= 11 is 0.724. The summed E-state index contributed by atoms with van der Waals surface area (Å²) in [6, 6.07) is 10.4. The van der Waals surface area contributed by atoms with Gasteiger partial charge in [-0.2, -0.15) is 0 Å². The molecule has 0 saturated heterocycles. The number of rotatable bonds is 5. The van der Waals surface area contributed by atoms with Crippen LogP contribution in [0, 0.1) is 10.1 Å².